The van der Waals surface area contributed by atoms with E-state index in [0.29, 0.717) is 23.8 Å². The number of hydrogen-bond donors (Lipinski definition) is 1. The van der Waals surface area contributed by atoms with Gasteiger partial charge in [0.15, 0.2) is 0 Å². The molecule has 0 bridgehead atoms. The molecule has 0 aliphatic heterocycles. The molecule has 2 aromatic rings. The largest absolute Gasteiger partial charge is 0.462 e. The summed E-state index contributed by atoms with van der Waals surface area (Å²) in [6, 6.07) is 6.78. The molecule has 1 N–H and O–H groups in total. The molecule has 1 atom stereocenters. The number of amides is 1. The fraction of sp³-hybridized carbons (Fsp3) is 0.368. The van der Waals surface area contributed by atoms with Crippen molar-refractivity contribution >= 4 is 28.9 Å². The summed E-state index contributed by atoms with van der Waals surface area (Å²) >= 11 is 1.68. The molecule has 1 aromatic carbocycles. The first-order valence-electron chi connectivity index (χ1n) is 8.26. The van der Waals surface area contributed by atoms with E-state index in [2.05, 4.69) is 12.2 Å². The highest BCUT2D eigenvalue weighted by Gasteiger charge is 2.23. The Morgan fingerprint density at radius 2 is 2.04 bits per heavy atom. The smallest absolute Gasteiger partial charge is 0.338 e. The number of carbonyl (C=O) groups excluding carboxylic acids is 2. The highest BCUT2D eigenvalue weighted by molar-refractivity contribution is 7.10. The third-order valence-electron chi connectivity index (χ3n) is 4.30. The number of rotatable bonds is 4. The number of anilines is 1. The number of nitrogens with one attached hydrogen (secondary N) is 1. The molecule has 1 heterocycles. The van der Waals surface area contributed by atoms with Gasteiger partial charge in [0.2, 0.25) is 0 Å². The Kier molecular flexibility index (Phi) is 5.00. The van der Waals surface area contributed by atoms with E-state index in [9.17, 15) is 9.59 Å². The summed E-state index contributed by atoms with van der Waals surface area (Å²) in [5, 5.41) is 4.88. The summed E-state index contributed by atoms with van der Waals surface area (Å²) < 4.78 is 4.95. The van der Waals surface area contributed by atoms with Gasteiger partial charge in [0.05, 0.1) is 17.7 Å². The van der Waals surface area contributed by atoms with E-state index >= 15 is 0 Å². The van der Waals surface area contributed by atoms with Gasteiger partial charge in [-0.25, -0.2) is 4.79 Å². The molecule has 5 heteroatoms. The van der Waals surface area contributed by atoms with Gasteiger partial charge < -0.3 is 10.1 Å². The van der Waals surface area contributed by atoms with Crippen LogP contribution in [0, 0.1) is 5.92 Å². The minimum Gasteiger partial charge on any atom is -0.462 e. The second-order valence-corrected chi connectivity index (χ2v) is 7.12. The average Bonchev–Trinajstić information content (AvgIpc) is 2.98. The van der Waals surface area contributed by atoms with Crippen molar-refractivity contribution in [1.29, 1.82) is 0 Å². The van der Waals surface area contributed by atoms with Gasteiger partial charge in [0, 0.05) is 15.9 Å². The molecule has 0 saturated heterocycles. The second-order valence-electron chi connectivity index (χ2n) is 6.15. The van der Waals surface area contributed by atoms with Gasteiger partial charge in [0.1, 0.15) is 0 Å². The van der Waals surface area contributed by atoms with Crippen LogP contribution in [0.1, 0.15) is 51.4 Å². The van der Waals surface area contributed by atoms with E-state index in [1.807, 2.05) is 5.38 Å². The van der Waals surface area contributed by atoms with Crippen LogP contribution in [-0.4, -0.2) is 18.5 Å². The minimum absolute atomic E-state index is 0.0778. The van der Waals surface area contributed by atoms with Crippen LogP contribution in [-0.2, 0) is 17.6 Å². The number of hydrogen-bond acceptors (Lipinski definition) is 4. The number of fused-ring (bicyclic) bond motifs is 1. The first-order valence-corrected chi connectivity index (χ1v) is 9.14. The molecule has 24 heavy (non-hydrogen) atoms. The molecule has 0 saturated carbocycles. The Morgan fingerprint density at radius 3 is 2.75 bits per heavy atom. The summed E-state index contributed by atoms with van der Waals surface area (Å²) in [5.74, 6) is 0.268. The predicted molar refractivity (Wildman–Crippen MR) is 95.9 cm³/mol. The summed E-state index contributed by atoms with van der Waals surface area (Å²) in [6.45, 7) is 4.38. The zero-order chi connectivity index (χ0) is 17.1. The van der Waals surface area contributed by atoms with Crippen LogP contribution in [0.15, 0.2) is 29.6 Å². The molecule has 4 nitrogen and oxygen atoms in total. The molecule has 1 amide bonds. The van der Waals surface area contributed by atoms with Crippen molar-refractivity contribution in [2.45, 2.75) is 33.1 Å². The van der Waals surface area contributed by atoms with Crippen LogP contribution >= 0.6 is 11.3 Å². The lowest BCUT2D eigenvalue weighted by Crippen LogP contribution is -2.16. The Morgan fingerprint density at radius 1 is 1.29 bits per heavy atom. The van der Waals surface area contributed by atoms with Crippen molar-refractivity contribution in [1.82, 2.24) is 0 Å². The Bertz CT molecular complexity index is 748. The van der Waals surface area contributed by atoms with Crippen LogP contribution in [0.2, 0.25) is 0 Å². The van der Waals surface area contributed by atoms with Crippen molar-refractivity contribution in [3.63, 3.8) is 0 Å². The number of carbonyl (C=O) groups is 2. The lowest BCUT2D eigenvalue weighted by molar-refractivity contribution is 0.0526. The van der Waals surface area contributed by atoms with Crippen LogP contribution in [0.3, 0.4) is 0 Å². The molecule has 1 aliphatic rings. The lowest BCUT2D eigenvalue weighted by Gasteiger charge is -2.18. The second kappa shape index (κ2) is 7.18. The Hall–Kier alpha value is -2.14. The highest BCUT2D eigenvalue weighted by atomic mass is 32.1. The van der Waals surface area contributed by atoms with Crippen LogP contribution in [0.5, 0.6) is 0 Å². The molecular formula is C19H21NO3S. The SMILES string of the molecule is CCOC(=O)c1ccc(NC(=O)c2csc3c2CC[C@H](C)C3)cc1. The quantitative estimate of drug-likeness (QED) is 0.842. The van der Waals surface area contributed by atoms with Gasteiger partial charge >= 0.3 is 5.97 Å². The van der Waals surface area contributed by atoms with Gasteiger partial charge in [0.25, 0.3) is 5.91 Å². The summed E-state index contributed by atoms with van der Waals surface area (Å²) in [5.41, 5.74) is 3.16. The normalized spacial score (nSPS) is 16.3. The molecule has 126 valence electrons. The molecule has 0 fully saturated rings. The van der Waals surface area contributed by atoms with E-state index in [-0.39, 0.29) is 11.9 Å². The molecule has 0 radical (unpaired) electrons. The summed E-state index contributed by atoms with van der Waals surface area (Å²) in [6.07, 6.45) is 3.18. The van der Waals surface area contributed by atoms with E-state index in [1.165, 1.54) is 10.4 Å². The predicted octanol–water partition coefficient (Wildman–Crippen LogP) is 4.30. The highest BCUT2D eigenvalue weighted by Crippen LogP contribution is 2.33. The van der Waals surface area contributed by atoms with Gasteiger partial charge in [-0.3, -0.25) is 4.79 Å². The summed E-state index contributed by atoms with van der Waals surface area (Å²) in [7, 11) is 0. The first kappa shape index (κ1) is 16.7. The van der Waals surface area contributed by atoms with Crippen LogP contribution in [0.25, 0.3) is 0 Å². The van der Waals surface area contributed by atoms with E-state index in [0.717, 1.165) is 24.8 Å². The lowest BCUT2D eigenvalue weighted by atomic mass is 9.88. The monoisotopic (exact) mass is 343 g/mol. The van der Waals surface area contributed by atoms with Gasteiger partial charge in [-0.1, -0.05) is 6.92 Å². The first-order chi connectivity index (χ1) is 11.6. The molecule has 1 aliphatic carbocycles. The third kappa shape index (κ3) is 3.51. The standard InChI is InChI=1S/C19H21NO3S/c1-3-23-19(22)13-5-7-14(8-6-13)20-18(21)16-11-24-17-10-12(2)4-9-15(16)17/h5-8,11-12H,3-4,9-10H2,1-2H3,(H,20,21)/t12-/m0/s1. The van der Waals surface area contributed by atoms with Crippen LogP contribution in [0.4, 0.5) is 5.69 Å². The maximum absolute atomic E-state index is 12.6. The third-order valence-corrected chi connectivity index (χ3v) is 5.35. The van der Waals surface area contributed by atoms with Crippen molar-refractivity contribution in [3.05, 3.63) is 51.2 Å². The maximum atomic E-state index is 12.6. The van der Waals surface area contributed by atoms with Crippen LogP contribution < -0.4 is 5.32 Å². The molecule has 3 rings (SSSR count). The summed E-state index contributed by atoms with van der Waals surface area (Å²) in [4.78, 5) is 25.5. The molecule has 0 unspecified atom stereocenters. The van der Waals surface area contributed by atoms with E-state index < -0.39 is 0 Å². The fourth-order valence-corrected chi connectivity index (χ4v) is 4.21. The van der Waals surface area contributed by atoms with Crippen molar-refractivity contribution < 1.29 is 14.3 Å². The Balaban J connectivity index is 1.70. The average molecular weight is 343 g/mol. The maximum Gasteiger partial charge on any atom is 0.338 e. The van der Waals surface area contributed by atoms with Crippen molar-refractivity contribution in [3.8, 4) is 0 Å². The minimum atomic E-state index is -0.351. The zero-order valence-electron chi connectivity index (χ0n) is 13.9. The number of esters is 1. The molecular weight excluding hydrogens is 322 g/mol. The number of benzene rings is 1. The topological polar surface area (TPSA) is 55.4 Å². The number of thiophene rings is 1. The number of ether oxygens (including phenoxy) is 1. The van der Waals surface area contributed by atoms with Crippen molar-refractivity contribution in [2.75, 3.05) is 11.9 Å². The van der Waals surface area contributed by atoms with E-state index in [1.54, 1.807) is 42.5 Å². The van der Waals surface area contributed by atoms with Gasteiger partial charge in [-0.15, -0.1) is 11.3 Å². The Labute approximate surface area is 145 Å². The van der Waals surface area contributed by atoms with E-state index in [4.69, 9.17) is 4.74 Å². The molecule has 0 spiro atoms. The zero-order valence-corrected chi connectivity index (χ0v) is 14.7. The molecule has 1 aromatic heterocycles. The van der Waals surface area contributed by atoms with Crippen molar-refractivity contribution in [2.24, 2.45) is 5.92 Å². The van der Waals surface area contributed by atoms with Gasteiger partial charge in [-0.2, -0.15) is 0 Å². The van der Waals surface area contributed by atoms with Gasteiger partial charge in [-0.05, 0) is 61.9 Å². The fourth-order valence-electron chi connectivity index (χ4n) is 2.97.